The smallest absolute Gasteiger partial charge is 0.228 e. The summed E-state index contributed by atoms with van der Waals surface area (Å²) >= 11 is 0. The topological polar surface area (TPSA) is 55.6 Å². The van der Waals surface area contributed by atoms with Gasteiger partial charge in [0.05, 0.1) is 18.1 Å². The number of carbonyl (C=O) groups excluding carboxylic acids is 1. The lowest BCUT2D eigenvalue weighted by Gasteiger charge is -2.35. The summed E-state index contributed by atoms with van der Waals surface area (Å²) in [5.41, 5.74) is 5.64. The summed E-state index contributed by atoms with van der Waals surface area (Å²) < 4.78 is 5.80. The fourth-order valence-corrected chi connectivity index (χ4v) is 3.64. The van der Waals surface area contributed by atoms with Gasteiger partial charge < -0.3 is 15.4 Å². The SMILES string of the molecule is CC1OC(C)C(C(=O)N2CCCC(CCN)C2)C1C. The molecule has 4 heteroatoms. The Morgan fingerprint density at radius 3 is 2.63 bits per heavy atom. The van der Waals surface area contributed by atoms with Crippen molar-refractivity contribution in [2.75, 3.05) is 19.6 Å². The number of carbonyl (C=O) groups is 1. The summed E-state index contributed by atoms with van der Waals surface area (Å²) in [6.45, 7) is 8.76. The number of nitrogens with two attached hydrogens (primary N) is 1. The Labute approximate surface area is 116 Å². The van der Waals surface area contributed by atoms with E-state index in [1.54, 1.807) is 0 Å². The summed E-state index contributed by atoms with van der Waals surface area (Å²) in [5.74, 6) is 1.24. The highest BCUT2D eigenvalue weighted by Crippen LogP contribution is 2.34. The van der Waals surface area contributed by atoms with Crippen LogP contribution in [0.5, 0.6) is 0 Å². The van der Waals surface area contributed by atoms with E-state index in [0.717, 1.165) is 32.5 Å². The number of ether oxygens (including phenoxy) is 1. The summed E-state index contributed by atoms with van der Waals surface area (Å²) in [5, 5.41) is 0. The molecule has 0 saturated carbocycles. The second-order valence-electron chi connectivity index (χ2n) is 6.30. The maximum Gasteiger partial charge on any atom is 0.228 e. The quantitative estimate of drug-likeness (QED) is 0.846. The minimum absolute atomic E-state index is 0.0339. The molecule has 0 aliphatic carbocycles. The third-order valence-electron chi connectivity index (χ3n) is 4.93. The van der Waals surface area contributed by atoms with Gasteiger partial charge >= 0.3 is 0 Å². The van der Waals surface area contributed by atoms with E-state index in [-0.39, 0.29) is 18.1 Å². The molecule has 0 aromatic carbocycles. The van der Waals surface area contributed by atoms with E-state index in [9.17, 15) is 4.79 Å². The number of nitrogens with zero attached hydrogens (tertiary/aromatic N) is 1. The van der Waals surface area contributed by atoms with E-state index >= 15 is 0 Å². The molecule has 0 aromatic heterocycles. The van der Waals surface area contributed by atoms with Gasteiger partial charge in [0, 0.05) is 13.1 Å². The lowest BCUT2D eigenvalue weighted by molar-refractivity contribution is -0.139. The van der Waals surface area contributed by atoms with Crippen LogP contribution < -0.4 is 5.73 Å². The second-order valence-corrected chi connectivity index (χ2v) is 6.30. The lowest BCUT2D eigenvalue weighted by Crippen LogP contribution is -2.46. The monoisotopic (exact) mass is 268 g/mol. The van der Waals surface area contributed by atoms with E-state index in [2.05, 4.69) is 18.7 Å². The van der Waals surface area contributed by atoms with Crippen LogP contribution in [-0.2, 0) is 9.53 Å². The molecule has 2 saturated heterocycles. The number of amides is 1. The molecule has 1 amide bonds. The molecule has 2 fully saturated rings. The van der Waals surface area contributed by atoms with Crippen molar-refractivity contribution in [3.05, 3.63) is 0 Å². The van der Waals surface area contributed by atoms with Gasteiger partial charge in [-0.3, -0.25) is 4.79 Å². The summed E-state index contributed by atoms with van der Waals surface area (Å²) in [4.78, 5) is 14.8. The van der Waals surface area contributed by atoms with Crippen molar-refractivity contribution in [3.8, 4) is 0 Å². The van der Waals surface area contributed by atoms with Crippen molar-refractivity contribution < 1.29 is 9.53 Å². The van der Waals surface area contributed by atoms with E-state index in [0.29, 0.717) is 17.7 Å². The van der Waals surface area contributed by atoms with Gasteiger partial charge in [0.2, 0.25) is 5.91 Å². The highest BCUT2D eigenvalue weighted by Gasteiger charge is 2.43. The second kappa shape index (κ2) is 6.23. The number of hydrogen-bond acceptors (Lipinski definition) is 3. The average Bonchev–Trinajstić information content (AvgIpc) is 2.63. The Morgan fingerprint density at radius 1 is 1.32 bits per heavy atom. The van der Waals surface area contributed by atoms with Crippen LogP contribution in [0, 0.1) is 17.8 Å². The molecule has 5 atom stereocenters. The molecular weight excluding hydrogens is 240 g/mol. The van der Waals surface area contributed by atoms with Crippen LogP contribution in [0.3, 0.4) is 0 Å². The lowest BCUT2D eigenvalue weighted by atomic mass is 9.86. The maximum absolute atomic E-state index is 12.7. The average molecular weight is 268 g/mol. The summed E-state index contributed by atoms with van der Waals surface area (Å²) in [6, 6.07) is 0. The number of piperidine rings is 1. The number of likely N-dealkylation sites (tertiary alicyclic amines) is 1. The van der Waals surface area contributed by atoms with Crippen molar-refractivity contribution >= 4 is 5.91 Å². The van der Waals surface area contributed by atoms with E-state index < -0.39 is 0 Å². The molecule has 0 aromatic rings. The third-order valence-corrected chi connectivity index (χ3v) is 4.93. The van der Waals surface area contributed by atoms with Crippen molar-refractivity contribution in [3.63, 3.8) is 0 Å². The Hall–Kier alpha value is -0.610. The predicted octanol–water partition coefficient (Wildman–Crippen LogP) is 1.63. The first kappa shape index (κ1) is 14.8. The highest BCUT2D eigenvalue weighted by atomic mass is 16.5. The van der Waals surface area contributed by atoms with Crippen LogP contribution in [0.25, 0.3) is 0 Å². The molecule has 0 bridgehead atoms. The third kappa shape index (κ3) is 3.11. The maximum atomic E-state index is 12.7. The van der Waals surface area contributed by atoms with Crippen molar-refractivity contribution in [1.82, 2.24) is 4.90 Å². The minimum Gasteiger partial charge on any atom is -0.374 e. The molecule has 4 nitrogen and oxygen atoms in total. The molecule has 2 aliphatic rings. The zero-order valence-corrected chi connectivity index (χ0v) is 12.5. The molecule has 0 spiro atoms. The molecule has 2 rings (SSSR count). The first-order chi connectivity index (χ1) is 9.04. The van der Waals surface area contributed by atoms with Crippen LogP contribution >= 0.6 is 0 Å². The minimum atomic E-state index is 0.0339. The van der Waals surface area contributed by atoms with Gasteiger partial charge in [-0.15, -0.1) is 0 Å². The molecule has 2 aliphatic heterocycles. The van der Waals surface area contributed by atoms with Gasteiger partial charge in [-0.1, -0.05) is 6.92 Å². The van der Waals surface area contributed by atoms with Crippen molar-refractivity contribution in [2.24, 2.45) is 23.5 Å². The van der Waals surface area contributed by atoms with Crippen LogP contribution in [-0.4, -0.2) is 42.6 Å². The van der Waals surface area contributed by atoms with Gasteiger partial charge in [-0.05, 0) is 51.5 Å². The molecule has 2 heterocycles. The highest BCUT2D eigenvalue weighted by molar-refractivity contribution is 5.80. The molecule has 2 N–H and O–H groups in total. The Balaban J connectivity index is 1.99. The van der Waals surface area contributed by atoms with E-state index in [1.165, 1.54) is 6.42 Å². The van der Waals surface area contributed by atoms with Crippen LogP contribution in [0.4, 0.5) is 0 Å². The Kier molecular flexibility index (Phi) is 4.85. The largest absolute Gasteiger partial charge is 0.374 e. The molecule has 19 heavy (non-hydrogen) atoms. The van der Waals surface area contributed by atoms with Crippen LogP contribution in [0.1, 0.15) is 40.0 Å². The Morgan fingerprint density at radius 2 is 2.05 bits per heavy atom. The fraction of sp³-hybridized carbons (Fsp3) is 0.933. The zero-order chi connectivity index (χ0) is 14.0. The van der Waals surface area contributed by atoms with E-state index in [4.69, 9.17) is 10.5 Å². The van der Waals surface area contributed by atoms with Crippen molar-refractivity contribution in [2.45, 2.75) is 52.2 Å². The normalized spacial score (nSPS) is 39.6. The standard InChI is InChI=1S/C15H28N2O2/c1-10-11(2)19-12(3)14(10)15(18)17-8-4-5-13(9-17)6-7-16/h10-14H,4-9,16H2,1-3H3. The summed E-state index contributed by atoms with van der Waals surface area (Å²) in [7, 11) is 0. The molecule has 110 valence electrons. The van der Waals surface area contributed by atoms with Gasteiger partial charge in [0.1, 0.15) is 0 Å². The van der Waals surface area contributed by atoms with Crippen LogP contribution in [0.2, 0.25) is 0 Å². The summed E-state index contributed by atoms with van der Waals surface area (Å²) in [6.07, 6.45) is 3.60. The number of hydrogen-bond donors (Lipinski definition) is 1. The first-order valence-electron chi connectivity index (χ1n) is 7.69. The molecular formula is C15H28N2O2. The molecule has 5 unspecified atom stereocenters. The van der Waals surface area contributed by atoms with Gasteiger partial charge in [-0.25, -0.2) is 0 Å². The molecule has 0 radical (unpaired) electrons. The first-order valence-corrected chi connectivity index (χ1v) is 7.69. The van der Waals surface area contributed by atoms with Crippen LogP contribution in [0.15, 0.2) is 0 Å². The van der Waals surface area contributed by atoms with Gasteiger partial charge in [0.15, 0.2) is 0 Å². The fourth-order valence-electron chi connectivity index (χ4n) is 3.64. The predicted molar refractivity (Wildman–Crippen MR) is 75.6 cm³/mol. The van der Waals surface area contributed by atoms with Crippen molar-refractivity contribution in [1.29, 1.82) is 0 Å². The van der Waals surface area contributed by atoms with Gasteiger partial charge in [-0.2, -0.15) is 0 Å². The van der Waals surface area contributed by atoms with E-state index in [1.807, 2.05) is 6.92 Å². The zero-order valence-electron chi connectivity index (χ0n) is 12.5. The Bertz CT molecular complexity index is 319. The number of rotatable bonds is 3. The van der Waals surface area contributed by atoms with Gasteiger partial charge in [0.25, 0.3) is 0 Å².